The van der Waals surface area contributed by atoms with Gasteiger partial charge in [0.05, 0.1) is 6.26 Å². The number of nitrogens with one attached hydrogen (secondary N) is 3. The number of carbonyl (C=O) groups excluding carboxylic acids is 1. The topological polar surface area (TPSA) is 87.3 Å². The second kappa shape index (κ2) is 6.42. The molecule has 0 aliphatic heterocycles. The molecule has 106 valence electrons. The van der Waals surface area contributed by atoms with Gasteiger partial charge in [0.15, 0.2) is 0 Å². The molecule has 0 heterocycles. The Labute approximate surface area is 113 Å². The Morgan fingerprint density at radius 2 is 1.68 bits per heavy atom. The van der Waals surface area contributed by atoms with Crippen LogP contribution in [0.15, 0.2) is 24.3 Å². The summed E-state index contributed by atoms with van der Waals surface area (Å²) in [6.07, 6.45) is 1.08. The van der Waals surface area contributed by atoms with E-state index in [-0.39, 0.29) is 6.03 Å². The van der Waals surface area contributed by atoms with Crippen molar-refractivity contribution < 1.29 is 13.2 Å². The van der Waals surface area contributed by atoms with Crippen molar-refractivity contribution in [1.82, 2.24) is 5.32 Å². The van der Waals surface area contributed by atoms with Gasteiger partial charge in [-0.05, 0) is 30.2 Å². The lowest BCUT2D eigenvalue weighted by Gasteiger charge is -2.10. The van der Waals surface area contributed by atoms with Crippen LogP contribution in [0.25, 0.3) is 0 Å². The van der Waals surface area contributed by atoms with Crippen molar-refractivity contribution in [1.29, 1.82) is 0 Å². The Morgan fingerprint density at radius 3 is 2.16 bits per heavy atom. The van der Waals surface area contributed by atoms with Gasteiger partial charge in [-0.3, -0.25) is 4.72 Å². The lowest BCUT2D eigenvalue weighted by Crippen LogP contribution is -2.31. The molecule has 0 bridgehead atoms. The van der Waals surface area contributed by atoms with Crippen molar-refractivity contribution in [2.24, 2.45) is 5.92 Å². The van der Waals surface area contributed by atoms with E-state index in [0.29, 0.717) is 23.8 Å². The highest BCUT2D eigenvalue weighted by Gasteiger charge is 2.04. The molecule has 0 saturated heterocycles. The van der Waals surface area contributed by atoms with Gasteiger partial charge in [-0.2, -0.15) is 0 Å². The molecule has 0 aromatic heterocycles. The van der Waals surface area contributed by atoms with E-state index in [0.717, 1.165) is 6.26 Å². The summed E-state index contributed by atoms with van der Waals surface area (Å²) in [5, 5.41) is 5.38. The van der Waals surface area contributed by atoms with Gasteiger partial charge in [-0.25, -0.2) is 13.2 Å². The van der Waals surface area contributed by atoms with Crippen LogP contribution in [0.3, 0.4) is 0 Å². The van der Waals surface area contributed by atoms with Crippen molar-refractivity contribution in [3.05, 3.63) is 24.3 Å². The Bertz CT molecular complexity index is 524. The smallest absolute Gasteiger partial charge is 0.319 e. The van der Waals surface area contributed by atoms with E-state index in [9.17, 15) is 13.2 Å². The lowest BCUT2D eigenvalue weighted by atomic mass is 10.2. The van der Waals surface area contributed by atoms with Gasteiger partial charge in [-0.15, -0.1) is 0 Å². The highest BCUT2D eigenvalue weighted by molar-refractivity contribution is 7.92. The molecular weight excluding hydrogens is 266 g/mol. The van der Waals surface area contributed by atoms with Gasteiger partial charge in [0.2, 0.25) is 10.0 Å². The first-order valence-electron chi connectivity index (χ1n) is 5.89. The van der Waals surface area contributed by atoms with E-state index in [1.807, 2.05) is 13.8 Å². The maximum atomic E-state index is 11.5. The first-order chi connectivity index (χ1) is 8.76. The van der Waals surface area contributed by atoms with Crippen LogP contribution in [0.5, 0.6) is 0 Å². The highest BCUT2D eigenvalue weighted by atomic mass is 32.2. The number of rotatable bonds is 5. The van der Waals surface area contributed by atoms with E-state index >= 15 is 0 Å². The minimum atomic E-state index is -3.28. The predicted octanol–water partition coefficient (Wildman–Crippen LogP) is 1.84. The van der Waals surface area contributed by atoms with Gasteiger partial charge in [0.25, 0.3) is 0 Å². The van der Waals surface area contributed by atoms with Crippen molar-refractivity contribution in [3.8, 4) is 0 Å². The fourth-order valence-electron chi connectivity index (χ4n) is 1.31. The molecule has 2 amide bonds. The number of amides is 2. The third-order valence-corrected chi connectivity index (χ3v) is 2.72. The van der Waals surface area contributed by atoms with Crippen LogP contribution in [0.1, 0.15) is 13.8 Å². The van der Waals surface area contributed by atoms with Gasteiger partial charge in [0, 0.05) is 17.9 Å². The highest BCUT2D eigenvalue weighted by Crippen LogP contribution is 2.14. The second-order valence-electron chi connectivity index (χ2n) is 4.68. The van der Waals surface area contributed by atoms with Crippen LogP contribution < -0.4 is 15.4 Å². The van der Waals surface area contributed by atoms with Crippen molar-refractivity contribution in [2.75, 3.05) is 22.8 Å². The van der Waals surface area contributed by atoms with Crippen LogP contribution >= 0.6 is 0 Å². The SMILES string of the molecule is CC(C)CNC(=O)Nc1ccc(NS(C)(=O)=O)cc1. The molecule has 0 saturated carbocycles. The molecular formula is C12H19N3O3S. The van der Waals surface area contributed by atoms with Crippen LogP contribution in [-0.4, -0.2) is 27.2 Å². The maximum absolute atomic E-state index is 11.5. The monoisotopic (exact) mass is 285 g/mol. The van der Waals surface area contributed by atoms with E-state index in [1.54, 1.807) is 24.3 Å². The van der Waals surface area contributed by atoms with E-state index < -0.39 is 10.0 Å². The third kappa shape index (κ3) is 6.66. The average molecular weight is 285 g/mol. The first kappa shape index (κ1) is 15.3. The minimum Gasteiger partial charge on any atom is -0.338 e. The summed E-state index contributed by atoms with van der Waals surface area (Å²) in [5.74, 6) is 0.382. The molecule has 1 aromatic carbocycles. The summed E-state index contributed by atoms with van der Waals surface area (Å²) in [4.78, 5) is 11.5. The zero-order chi connectivity index (χ0) is 14.5. The van der Waals surface area contributed by atoms with Crippen molar-refractivity contribution >= 4 is 27.4 Å². The number of carbonyl (C=O) groups is 1. The third-order valence-electron chi connectivity index (χ3n) is 2.12. The number of hydrogen-bond acceptors (Lipinski definition) is 3. The molecule has 0 spiro atoms. The minimum absolute atomic E-state index is 0.280. The standard InChI is InChI=1S/C12H19N3O3S/c1-9(2)8-13-12(16)14-10-4-6-11(7-5-10)15-19(3,17)18/h4-7,9,15H,8H2,1-3H3,(H2,13,14,16). The second-order valence-corrected chi connectivity index (χ2v) is 6.43. The van der Waals surface area contributed by atoms with E-state index in [2.05, 4.69) is 15.4 Å². The van der Waals surface area contributed by atoms with Crippen LogP contribution in [-0.2, 0) is 10.0 Å². The van der Waals surface area contributed by atoms with Gasteiger partial charge < -0.3 is 10.6 Å². The molecule has 0 radical (unpaired) electrons. The van der Waals surface area contributed by atoms with Crippen molar-refractivity contribution in [3.63, 3.8) is 0 Å². The fraction of sp³-hybridized carbons (Fsp3) is 0.417. The normalized spacial score (nSPS) is 11.2. The molecule has 3 N–H and O–H groups in total. The largest absolute Gasteiger partial charge is 0.338 e. The average Bonchev–Trinajstić information content (AvgIpc) is 2.27. The fourth-order valence-corrected chi connectivity index (χ4v) is 1.87. The number of anilines is 2. The van der Waals surface area contributed by atoms with Crippen LogP contribution in [0.2, 0.25) is 0 Å². The number of hydrogen-bond donors (Lipinski definition) is 3. The quantitative estimate of drug-likeness (QED) is 0.771. The molecule has 0 aliphatic rings. The summed E-state index contributed by atoms with van der Waals surface area (Å²) in [6.45, 7) is 4.61. The summed E-state index contributed by atoms with van der Waals surface area (Å²) in [7, 11) is -3.28. The zero-order valence-electron chi connectivity index (χ0n) is 11.2. The molecule has 0 fully saturated rings. The Hall–Kier alpha value is -1.76. The lowest BCUT2D eigenvalue weighted by molar-refractivity contribution is 0.251. The Kier molecular flexibility index (Phi) is 5.17. The van der Waals surface area contributed by atoms with Crippen LogP contribution in [0.4, 0.5) is 16.2 Å². The van der Waals surface area contributed by atoms with E-state index in [4.69, 9.17) is 0 Å². The molecule has 6 nitrogen and oxygen atoms in total. The van der Waals surface area contributed by atoms with Gasteiger partial charge in [0.1, 0.15) is 0 Å². The molecule has 0 atom stereocenters. The molecule has 1 rings (SSSR count). The summed E-state index contributed by atoms with van der Waals surface area (Å²) in [5.41, 5.74) is 1.05. The Balaban J connectivity index is 2.55. The summed E-state index contributed by atoms with van der Waals surface area (Å²) >= 11 is 0. The van der Waals surface area contributed by atoms with Gasteiger partial charge in [-0.1, -0.05) is 13.8 Å². The number of benzene rings is 1. The molecule has 1 aromatic rings. The summed E-state index contributed by atoms with van der Waals surface area (Å²) < 4.78 is 24.4. The number of sulfonamides is 1. The molecule has 0 unspecified atom stereocenters. The van der Waals surface area contributed by atoms with Crippen LogP contribution in [0, 0.1) is 5.92 Å². The molecule has 0 aliphatic carbocycles. The predicted molar refractivity (Wildman–Crippen MR) is 76.8 cm³/mol. The first-order valence-corrected chi connectivity index (χ1v) is 7.78. The summed E-state index contributed by atoms with van der Waals surface area (Å²) in [6, 6.07) is 6.14. The Morgan fingerprint density at radius 1 is 1.16 bits per heavy atom. The number of urea groups is 1. The van der Waals surface area contributed by atoms with Crippen molar-refractivity contribution in [2.45, 2.75) is 13.8 Å². The molecule has 19 heavy (non-hydrogen) atoms. The van der Waals surface area contributed by atoms with Gasteiger partial charge >= 0.3 is 6.03 Å². The molecule has 7 heteroatoms. The van der Waals surface area contributed by atoms with E-state index in [1.165, 1.54) is 0 Å². The zero-order valence-corrected chi connectivity index (χ0v) is 12.0. The maximum Gasteiger partial charge on any atom is 0.319 e.